The molecule has 1 aromatic heterocycles. The van der Waals surface area contributed by atoms with Crippen molar-refractivity contribution in [2.24, 2.45) is 5.92 Å². The van der Waals surface area contributed by atoms with Gasteiger partial charge in [-0.25, -0.2) is 0 Å². The minimum absolute atomic E-state index is 0.000813. The Kier molecular flexibility index (Phi) is 5.78. The lowest BCUT2D eigenvalue weighted by Gasteiger charge is -2.33. The Morgan fingerprint density at radius 3 is 2.92 bits per heavy atom. The highest BCUT2D eigenvalue weighted by molar-refractivity contribution is 5.89. The normalized spacial score (nSPS) is 25.9. The molecule has 0 aliphatic carbocycles. The van der Waals surface area contributed by atoms with Gasteiger partial charge in [-0.1, -0.05) is 12.8 Å². The highest BCUT2D eigenvalue weighted by Gasteiger charge is 2.38. The van der Waals surface area contributed by atoms with Crippen LogP contribution in [0.15, 0.2) is 22.8 Å². The van der Waals surface area contributed by atoms with Crippen LogP contribution in [-0.4, -0.2) is 52.4 Å². The summed E-state index contributed by atoms with van der Waals surface area (Å²) < 4.78 is 5.30. The first kappa shape index (κ1) is 18.0. The van der Waals surface area contributed by atoms with Crippen LogP contribution >= 0.6 is 0 Å². The van der Waals surface area contributed by atoms with Gasteiger partial charge in [0.2, 0.25) is 11.8 Å². The molecular weight excluding hydrogens is 320 g/mol. The van der Waals surface area contributed by atoms with E-state index in [1.54, 1.807) is 23.3 Å². The molecule has 0 saturated carbocycles. The quantitative estimate of drug-likeness (QED) is 0.886. The number of aliphatic hydroxyl groups excluding tert-OH is 1. The Balaban J connectivity index is 1.69. The summed E-state index contributed by atoms with van der Waals surface area (Å²) in [5, 5.41) is 10.4. The second-order valence-corrected chi connectivity index (χ2v) is 7.14. The van der Waals surface area contributed by atoms with Gasteiger partial charge in [-0.3, -0.25) is 9.59 Å². The summed E-state index contributed by atoms with van der Waals surface area (Å²) in [4.78, 5) is 28.8. The number of carbonyl (C=O) groups excluding carboxylic acids is 2. The van der Waals surface area contributed by atoms with Gasteiger partial charge in [0.1, 0.15) is 11.9 Å². The monoisotopic (exact) mass is 348 g/mol. The second kappa shape index (κ2) is 8.04. The minimum atomic E-state index is -0.703. The standard InChI is InChI=1S/C19H28N2O4/c1-2-20-13-14(11-18(20)23)19(24)21-9-5-3-4-7-15(21)12-16(22)17-8-6-10-25-17/h6,8,10,14-16,22H,2-5,7,9,11-13H2,1H3. The molecule has 2 aliphatic rings. The van der Waals surface area contributed by atoms with Crippen molar-refractivity contribution in [3.63, 3.8) is 0 Å². The van der Waals surface area contributed by atoms with Crippen molar-refractivity contribution in [1.82, 2.24) is 9.80 Å². The Hall–Kier alpha value is -1.82. The number of hydrogen-bond acceptors (Lipinski definition) is 4. The number of hydrogen-bond donors (Lipinski definition) is 1. The molecule has 2 fully saturated rings. The first-order valence-corrected chi connectivity index (χ1v) is 9.39. The lowest BCUT2D eigenvalue weighted by molar-refractivity contribution is -0.138. The molecule has 3 rings (SSSR count). The molecule has 0 radical (unpaired) electrons. The fourth-order valence-corrected chi connectivity index (χ4v) is 4.04. The summed E-state index contributed by atoms with van der Waals surface area (Å²) >= 11 is 0. The third kappa shape index (κ3) is 4.06. The summed E-state index contributed by atoms with van der Waals surface area (Å²) in [6, 6.07) is 3.53. The fraction of sp³-hybridized carbons (Fsp3) is 0.684. The SMILES string of the molecule is CCN1CC(C(=O)N2CCCCCC2CC(O)c2ccco2)CC1=O. The molecule has 1 N–H and O–H groups in total. The zero-order valence-corrected chi connectivity index (χ0v) is 14.9. The van der Waals surface area contributed by atoms with E-state index < -0.39 is 6.10 Å². The van der Waals surface area contributed by atoms with Gasteiger partial charge in [-0.05, 0) is 31.9 Å². The number of furan rings is 1. The molecule has 0 bridgehead atoms. The number of carbonyl (C=O) groups is 2. The van der Waals surface area contributed by atoms with Gasteiger partial charge >= 0.3 is 0 Å². The molecule has 0 aromatic carbocycles. The fourth-order valence-electron chi connectivity index (χ4n) is 4.04. The average molecular weight is 348 g/mol. The van der Waals surface area contributed by atoms with E-state index in [2.05, 4.69) is 0 Å². The predicted octanol–water partition coefficient (Wildman–Crippen LogP) is 2.34. The zero-order valence-electron chi connectivity index (χ0n) is 14.9. The van der Waals surface area contributed by atoms with Crippen molar-refractivity contribution >= 4 is 11.8 Å². The van der Waals surface area contributed by atoms with Crippen LogP contribution in [0, 0.1) is 5.92 Å². The van der Waals surface area contributed by atoms with Crippen LogP contribution < -0.4 is 0 Å². The highest BCUT2D eigenvalue weighted by Crippen LogP contribution is 2.29. The summed E-state index contributed by atoms with van der Waals surface area (Å²) in [7, 11) is 0. The maximum absolute atomic E-state index is 13.1. The number of amides is 2. The van der Waals surface area contributed by atoms with Crippen molar-refractivity contribution in [3.05, 3.63) is 24.2 Å². The summed E-state index contributed by atoms with van der Waals surface area (Å²) in [6.07, 6.45) is 5.68. The summed E-state index contributed by atoms with van der Waals surface area (Å²) in [6.45, 7) is 3.84. The summed E-state index contributed by atoms with van der Waals surface area (Å²) in [5.74, 6) is 0.448. The van der Waals surface area contributed by atoms with E-state index in [9.17, 15) is 14.7 Å². The van der Waals surface area contributed by atoms with Gasteiger partial charge in [0.25, 0.3) is 0 Å². The average Bonchev–Trinajstić information content (AvgIpc) is 3.21. The molecule has 0 spiro atoms. The molecule has 2 saturated heterocycles. The van der Waals surface area contributed by atoms with Crippen molar-refractivity contribution in [3.8, 4) is 0 Å². The number of likely N-dealkylation sites (tertiary alicyclic amines) is 2. The minimum Gasteiger partial charge on any atom is -0.467 e. The number of aliphatic hydroxyl groups is 1. The molecule has 6 nitrogen and oxygen atoms in total. The maximum Gasteiger partial charge on any atom is 0.228 e. The Morgan fingerprint density at radius 1 is 1.40 bits per heavy atom. The van der Waals surface area contributed by atoms with Crippen LogP contribution in [0.3, 0.4) is 0 Å². The topological polar surface area (TPSA) is 74.0 Å². The number of rotatable bonds is 5. The van der Waals surface area contributed by atoms with E-state index in [-0.39, 0.29) is 23.8 Å². The number of nitrogens with zero attached hydrogens (tertiary/aromatic N) is 2. The van der Waals surface area contributed by atoms with Gasteiger partial charge < -0.3 is 19.3 Å². The predicted molar refractivity (Wildman–Crippen MR) is 92.6 cm³/mol. The van der Waals surface area contributed by atoms with E-state index in [1.807, 2.05) is 11.8 Å². The van der Waals surface area contributed by atoms with Gasteiger partial charge in [0.15, 0.2) is 0 Å². The smallest absolute Gasteiger partial charge is 0.228 e. The molecule has 2 amide bonds. The van der Waals surface area contributed by atoms with E-state index in [4.69, 9.17) is 4.42 Å². The zero-order chi connectivity index (χ0) is 17.8. The summed E-state index contributed by atoms with van der Waals surface area (Å²) in [5.41, 5.74) is 0. The van der Waals surface area contributed by atoms with Crippen LogP contribution in [0.25, 0.3) is 0 Å². The van der Waals surface area contributed by atoms with E-state index in [0.29, 0.717) is 38.2 Å². The first-order chi connectivity index (χ1) is 12.1. The third-order valence-electron chi connectivity index (χ3n) is 5.47. The first-order valence-electron chi connectivity index (χ1n) is 9.39. The van der Waals surface area contributed by atoms with Gasteiger partial charge in [-0.15, -0.1) is 0 Å². The van der Waals surface area contributed by atoms with Crippen LogP contribution in [-0.2, 0) is 9.59 Å². The molecule has 3 heterocycles. The second-order valence-electron chi connectivity index (χ2n) is 7.14. The molecule has 1 aromatic rings. The van der Waals surface area contributed by atoms with Crippen LogP contribution in [0.5, 0.6) is 0 Å². The van der Waals surface area contributed by atoms with Crippen molar-refractivity contribution in [1.29, 1.82) is 0 Å². The van der Waals surface area contributed by atoms with E-state index in [1.165, 1.54) is 0 Å². The maximum atomic E-state index is 13.1. The van der Waals surface area contributed by atoms with Gasteiger partial charge in [0, 0.05) is 38.5 Å². The Labute approximate surface area is 148 Å². The van der Waals surface area contributed by atoms with E-state index >= 15 is 0 Å². The molecule has 6 heteroatoms. The molecule has 3 unspecified atom stereocenters. The molecule has 3 atom stereocenters. The van der Waals surface area contributed by atoms with Crippen LogP contribution in [0.2, 0.25) is 0 Å². The molecule has 2 aliphatic heterocycles. The largest absolute Gasteiger partial charge is 0.467 e. The van der Waals surface area contributed by atoms with E-state index in [0.717, 1.165) is 25.7 Å². The van der Waals surface area contributed by atoms with Crippen LogP contribution in [0.1, 0.15) is 57.3 Å². The third-order valence-corrected chi connectivity index (χ3v) is 5.47. The van der Waals surface area contributed by atoms with Crippen molar-refractivity contribution in [2.75, 3.05) is 19.6 Å². The van der Waals surface area contributed by atoms with Gasteiger partial charge in [0.05, 0.1) is 12.2 Å². The molecular formula is C19H28N2O4. The van der Waals surface area contributed by atoms with Crippen molar-refractivity contribution < 1.29 is 19.1 Å². The highest BCUT2D eigenvalue weighted by atomic mass is 16.4. The Bertz CT molecular complexity index is 586. The Morgan fingerprint density at radius 2 is 2.24 bits per heavy atom. The molecule has 25 heavy (non-hydrogen) atoms. The van der Waals surface area contributed by atoms with Gasteiger partial charge in [-0.2, -0.15) is 0 Å². The van der Waals surface area contributed by atoms with Crippen molar-refractivity contribution in [2.45, 2.75) is 57.6 Å². The van der Waals surface area contributed by atoms with Crippen LogP contribution in [0.4, 0.5) is 0 Å². The lowest BCUT2D eigenvalue weighted by atomic mass is 9.99. The lowest BCUT2D eigenvalue weighted by Crippen LogP contribution is -2.44. The molecule has 138 valence electrons.